The fraction of sp³-hybridized carbons (Fsp3) is 0.211. The highest BCUT2D eigenvalue weighted by Gasteiger charge is 2.33. The zero-order valence-electron chi connectivity index (χ0n) is 12.4. The third-order valence-electron chi connectivity index (χ3n) is 4.20. The van der Waals surface area contributed by atoms with Crippen LogP contribution < -0.4 is 0 Å². The van der Waals surface area contributed by atoms with Crippen molar-refractivity contribution in [2.75, 3.05) is 0 Å². The van der Waals surface area contributed by atoms with E-state index in [4.69, 9.17) is 11.6 Å². The Morgan fingerprint density at radius 1 is 1.04 bits per heavy atom. The molecule has 0 bridgehead atoms. The van der Waals surface area contributed by atoms with Crippen LogP contribution in [0.5, 0.6) is 0 Å². The predicted molar refractivity (Wildman–Crippen MR) is 88.0 cm³/mol. The quantitative estimate of drug-likeness (QED) is 0.632. The lowest BCUT2D eigenvalue weighted by Crippen LogP contribution is -2.30. The Kier molecular flexibility index (Phi) is 4.39. The Hall–Kier alpha value is -2.26. The predicted octanol–water partition coefficient (Wildman–Crippen LogP) is 3.93. The van der Waals surface area contributed by atoms with Crippen molar-refractivity contribution in [1.82, 2.24) is 0 Å². The van der Waals surface area contributed by atoms with Crippen LogP contribution in [0.3, 0.4) is 0 Å². The third kappa shape index (κ3) is 3.10. The van der Waals surface area contributed by atoms with E-state index in [1.807, 2.05) is 12.1 Å². The van der Waals surface area contributed by atoms with Crippen molar-refractivity contribution < 1.29 is 14.4 Å². The van der Waals surface area contributed by atoms with E-state index in [0.717, 1.165) is 5.56 Å². The molecule has 0 heterocycles. The molecule has 3 rings (SSSR count). The van der Waals surface area contributed by atoms with Crippen LogP contribution in [-0.4, -0.2) is 17.3 Å². The molecule has 1 unspecified atom stereocenters. The molecule has 2 aromatic rings. The zero-order chi connectivity index (χ0) is 16.4. The van der Waals surface area contributed by atoms with Gasteiger partial charge in [-0.25, -0.2) is 0 Å². The number of ketones is 3. The SMILES string of the molecule is O=C(CC(=O)C1CCc2ccccc2C1=O)c1ccccc1Cl. The average molecular weight is 327 g/mol. The maximum Gasteiger partial charge on any atom is 0.173 e. The minimum absolute atomic E-state index is 0.177. The maximum atomic E-state index is 12.5. The largest absolute Gasteiger partial charge is 0.298 e. The molecule has 1 atom stereocenters. The summed E-state index contributed by atoms with van der Waals surface area (Å²) in [4.78, 5) is 37.2. The zero-order valence-corrected chi connectivity index (χ0v) is 13.2. The molecule has 116 valence electrons. The van der Waals surface area contributed by atoms with Gasteiger partial charge in [0.2, 0.25) is 0 Å². The Morgan fingerprint density at radius 3 is 2.52 bits per heavy atom. The van der Waals surface area contributed by atoms with Crippen molar-refractivity contribution in [2.45, 2.75) is 19.3 Å². The summed E-state index contributed by atoms with van der Waals surface area (Å²) in [5.74, 6) is -1.57. The van der Waals surface area contributed by atoms with Crippen LogP contribution in [0.2, 0.25) is 5.02 Å². The summed E-state index contributed by atoms with van der Waals surface area (Å²) in [6.45, 7) is 0. The highest BCUT2D eigenvalue weighted by atomic mass is 35.5. The second kappa shape index (κ2) is 6.47. The maximum absolute atomic E-state index is 12.5. The first-order valence-electron chi connectivity index (χ1n) is 7.50. The van der Waals surface area contributed by atoms with Crippen LogP contribution in [0.25, 0.3) is 0 Å². The Balaban J connectivity index is 1.76. The standard InChI is InChI=1S/C19H15ClO3/c20-16-8-4-3-7-14(16)17(21)11-18(22)15-10-9-12-5-1-2-6-13(12)19(15)23/h1-8,15H,9-11H2. The van der Waals surface area contributed by atoms with Crippen molar-refractivity contribution in [3.05, 3.63) is 70.2 Å². The Morgan fingerprint density at radius 2 is 1.74 bits per heavy atom. The molecule has 3 nitrogen and oxygen atoms in total. The molecule has 0 aliphatic heterocycles. The molecule has 1 aliphatic rings. The van der Waals surface area contributed by atoms with Crippen LogP contribution in [-0.2, 0) is 11.2 Å². The number of carbonyl (C=O) groups excluding carboxylic acids is 3. The van der Waals surface area contributed by atoms with Gasteiger partial charge in [-0.05, 0) is 30.5 Å². The minimum Gasteiger partial charge on any atom is -0.298 e. The molecule has 0 radical (unpaired) electrons. The second-order valence-corrected chi connectivity index (χ2v) is 6.07. The van der Waals surface area contributed by atoms with Crippen LogP contribution in [0.1, 0.15) is 39.1 Å². The number of carbonyl (C=O) groups is 3. The molecule has 0 amide bonds. The van der Waals surface area contributed by atoms with E-state index in [2.05, 4.69) is 0 Å². The summed E-state index contributed by atoms with van der Waals surface area (Å²) in [5, 5.41) is 0.325. The number of Topliss-reactive ketones (excluding diaryl/α,β-unsaturated/α-hetero) is 3. The first kappa shape index (κ1) is 15.6. The molecule has 23 heavy (non-hydrogen) atoms. The second-order valence-electron chi connectivity index (χ2n) is 5.66. The highest BCUT2D eigenvalue weighted by molar-refractivity contribution is 6.34. The van der Waals surface area contributed by atoms with Crippen molar-refractivity contribution in [2.24, 2.45) is 5.92 Å². The van der Waals surface area contributed by atoms with E-state index in [-0.39, 0.29) is 23.8 Å². The van der Waals surface area contributed by atoms with Gasteiger partial charge in [-0.2, -0.15) is 0 Å². The number of fused-ring (bicyclic) bond motifs is 1. The molecule has 1 aliphatic carbocycles. The number of benzene rings is 2. The summed E-state index contributed by atoms with van der Waals surface area (Å²) >= 11 is 5.98. The lowest BCUT2D eigenvalue weighted by molar-refractivity contribution is -0.120. The van der Waals surface area contributed by atoms with Crippen molar-refractivity contribution >= 4 is 29.0 Å². The first-order chi connectivity index (χ1) is 11.1. The van der Waals surface area contributed by atoms with Crippen LogP contribution in [0.4, 0.5) is 0 Å². The van der Waals surface area contributed by atoms with Gasteiger partial charge in [0.05, 0.1) is 17.4 Å². The number of hydrogen-bond donors (Lipinski definition) is 0. The summed E-state index contributed by atoms with van der Waals surface area (Å²) in [6, 6.07) is 14.0. The van der Waals surface area contributed by atoms with Crippen molar-refractivity contribution in [1.29, 1.82) is 0 Å². The van der Waals surface area contributed by atoms with Gasteiger partial charge in [0.25, 0.3) is 0 Å². The Bertz CT molecular complexity index is 795. The van der Waals surface area contributed by atoms with Crippen LogP contribution in [0.15, 0.2) is 48.5 Å². The summed E-state index contributed by atoms with van der Waals surface area (Å²) in [5.41, 5.74) is 1.90. The van der Waals surface area contributed by atoms with Crippen molar-refractivity contribution in [3.8, 4) is 0 Å². The van der Waals surface area contributed by atoms with Gasteiger partial charge >= 0.3 is 0 Å². The molecular weight excluding hydrogens is 312 g/mol. The highest BCUT2D eigenvalue weighted by Crippen LogP contribution is 2.27. The van der Waals surface area contributed by atoms with Gasteiger partial charge in [0.15, 0.2) is 17.3 Å². The van der Waals surface area contributed by atoms with E-state index < -0.39 is 5.92 Å². The summed E-state index contributed by atoms with van der Waals surface area (Å²) < 4.78 is 0. The first-order valence-corrected chi connectivity index (χ1v) is 7.88. The molecule has 0 aromatic heterocycles. The monoisotopic (exact) mass is 326 g/mol. The molecular formula is C19H15ClO3. The lowest BCUT2D eigenvalue weighted by Gasteiger charge is -2.22. The molecule has 0 saturated carbocycles. The summed E-state index contributed by atoms with van der Waals surface area (Å²) in [7, 11) is 0. The minimum atomic E-state index is -0.726. The van der Waals surface area contributed by atoms with E-state index >= 15 is 0 Å². The average Bonchev–Trinajstić information content (AvgIpc) is 2.55. The molecule has 2 aromatic carbocycles. The summed E-state index contributed by atoms with van der Waals surface area (Å²) in [6.07, 6.45) is 0.853. The van der Waals surface area contributed by atoms with Gasteiger partial charge in [-0.3, -0.25) is 14.4 Å². The van der Waals surface area contributed by atoms with Crippen molar-refractivity contribution in [3.63, 3.8) is 0 Å². The van der Waals surface area contributed by atoms with Gasteiger partial charge < -0.3 is 0 Å². The van der Waals surface area contributed by atoms with Gasteiger partial charge in [-0.1, -0.05) is 48.0 Å². The third-order valence-corrected chi connectivity index (χ3v) is 4.53. The van der Waals surface area contributed by atoms with E-state index in [1.165, 1.54) is 0 Å². The van der Waals surface area contributed by atoms with Crippen LogP contribution in [0, 0.1) is 5.92 Å². The van der Waals surface area contributed by atoms with Crippen LogP contribution >= 0.6 is 11.6 Å². The molecule has 0 fully saturated rings. The van der Waals surface area contributed by atoms with Gasteiger partial charge in [0.1, 0.15) is 0 Å². The smallest absolute Gasteiger partial charge is 0.173 e. The van der Waals surface area contributed by atoms with Gasteiger partial charge in [-0.15, -0.1) is 0 Å². The lowest BCUT2D eigenvalue weighted by atomic mass is 9.79. The van der Waals surface area contributed by atoms with E-state index in [1.54, 1.807) is 36.4 Å². The van der Waals surface area contributed by atoms with E-state index in [0.29, 0.717) is 29.0 Å². The number of hydrogen-bond acceptors (Lipinski definition) is 3. The number of aryl methyl sites for hydroxylation is 1. The fourth-order valence-electron chi connectivity index (χ4n) is 2.97. The molecule has 0 N–H and O–H groups in total. The molecule has 0 spiro atoms. The fourth-order valence-corrected chi connectivity index (χ4v) is 3.21. The number of halogens is 1. The Labute approximate surface area is 139 Å². The molecule has 0 saturated heterocycles. The topological polar surface area (TPSA) is 51.2 Å². The van der Waals surface area contributed by atoms with Gasteiger partial charge in [0, 0.05) is 11.1 Å². The normalized spacial score (nSPS) is 16.7. The number of rotatable bonds is 4. The van der Waals surface area contributed by atoms with E-state index in [9.17, 15) is 14.4 Å². The molecule has 4 heteroatoms.